The first-order chi connectivity index (χ1) is 11.9. The number of hydrogen-bond acceptors (Lipinski definition) is 6. The SMILES string of the molecule is O=C(NNS(=O)(=O)c1ccccc1)c1cc2cc([N+](=O)[O-])ccc2o1. The summed E-state index contributed by atoms with van der Waals surface area (Å²) in [6.45, 7) is 0. The standard InChI is InChI=1S/C15H11N3O6S/c19-15(16-17-25(22,23)12-4-2-1-3-5-12)14-9-10-8-11(18(20)21)6-7-13(10)24-14/h1-9,17H,(H,16,19). The molecule has 1 heterocycles. The number of non-ortho nitro benzene ring substituents is 1. The largest absolute Gasteiger partial charge is 0.451 e. The van der Waals surface area contributed by atoms with Gasteiger partial charge in [-0.25, -0.2) is 8.42 Å². The third kappa shape index (κ3) is 3.49. The second-order valence-electron chi connectivity index (χ2n) is 4.96. The van der Waals surface area contributed by atoms with Crippen LogP contribution >= 0.6 is 0 Å². The topological polar surface area (TPSA) is 132 Å². The van der Waals surface area contributed by atoms with Gasteiger partial charge in [0.25, 0.3) is 15.7 Å². The molecule has 3 aromatic rings. The molecule has 0 radical (unpaired) electrons. The van der Waals surface area contributed by atoms with Gasteiger partial charge in [-0.05, 0) is 24.3 Å². The minimum absolute atomic E-state index is 0.0180. The number of benzene rings is 2. The van der Waals surface area contributed by atoms with Crippen LogP contribution in [0.5, 0.6) is 0 Å². The lowest BCUT2D eigenvalue weighted by molar-refractivity contribution is -0.384. The number of hydrogen-bond donors (Lipinski definition) is 2. The highest BCUT2D eigenvalue weighted by molar-refractivity contribution is 7.89. The smallest absolute Gasteiger partial charge is 0.301 e. The third-order valence-corrected chi connectivity index (χ3v) is 4.55. The number of nitro groups is 1. The second-order valence-corrected chi connectivity index (χ2v) is 6.64. The fraction of sp³-hybridized carbons (Fsp3) is 0. The number of rotatable bonds is 5. The fourth-order valence-corrected chi connectivity index (χ4v) is 2.95. The molecular formula is C15H11N3O6S. The van der Waals surface area contributed by atoms with Crippen LogP contribution < -0.4 is 10.3 Å². The Morgan fingerprint density at radius 3 is 2.48 bits per heavy atom. The molecule has 0 bridgehead atoms. The molecule has 0 aliphatic heterocycles. The van der Waals surface area contributed by atoms with Crippen LogP contribution in [0.25, 0.3) is 11.0 Å². The van der Waals surface area contributed by atoms with Crippen LogP contribution in [-0.4, -0.2) is 19.2 Å². The van der Waals surface area contributed by atoms with E-state index in [1.54, 1.807) is 18.2 Å². The predicted molar refractivity (Wildman–Crippen MR) is 87.1 cm³/mol. The number of nitrogens with one attached hydrogen (secondary N) is 2. The van der Waals surface area contributed by atoms with Crippen molar-refractivity contribution in [2.75, 3.05) is 0 Å². The molecule has 9 nitrogen and oxygen atoms in total. The Morgan fingerprint density at radius 2 is 1.80 bits per heavy atom. The van der Waals surface area contributed by atoms with Crippen LogP contribution in [0.1, 0.15) is 10.6 Å². The highest BCUT2D eigenvalue weighted by Crippen LogP contribution is 2.24. The lowest BCUT2D eigenvalue weighted by Gasteiger charge is -2.06. The molecule has 0 aliphatic rings. The van der Waals surface area contributed by atoms with Gasteiger partial charge in [-0.15, -0.1) is 4.83 Å². The second kappa shape index (κ2) is 6.34. The summed E-state index contributed by atoms with van der Waals surface area (Å²) in [5.74, 6) is -1.02. The lowest BCUT2D eigenvalue weighted by Crippen LogP contribution is -2.41. The molecular weight excluding hydrogens is 350 g/mol. The van der Waals surface area contributed by atoms with Gasteiger partial charge in [-0.2, -0.15) is 0 Å². The summed E-state index contributed by atoms with van der Waals surface area (Å²) < 4.78 is 29.3. The van der Waals surface area contributed by atoms with Crippen LogP contribution in [0.2, 0.25) is 0 Å². The van der Waals surface area contributed by atoms with Crippen LogP contribution in [0, 0.1) is 10.1 Å². The Labute approximate surface area is 141 Å². The average molecular weight is 361 g/mol. The van der Waals surface area contributed by atoms with Crippen molar-refractivity contribution in [1.82, 2.24) is 10.3 Å². The molecule has 128 valence electrons. The third-order valence-electron chi connectivity index (χ3n) is 3.29. The fourth-order valence-electron chi connectivity index (χ4n) is 2.09. The van der Waals surface area contributed by atoms with Gasteiger partial charge in [-0.3, -0.25) is 20.3 Å². The molecule has 0 aliphatic carbocycles. The summed E-state index contributed by atoms with van der Waals surface area (Å²) in [7, 11) is -3.92. The van der Waals surface area contributed by atoms with E-state index >= 15 is 0 Å². The Bertz CT molecular complexity index is 1060. The van der Waals surface area contributed by atoms with Crippen LogP contribution in [-0.2, 0) is 10.0 Å². The number of carbonyl (C=O) groups excluding carboxylic acids is 1. The number of furan rings is 1. The first-order valence-electron chi connectivity index (χ1n) is 6.92. The van der Waals surface area contributed by atoms with E-state index in [0.29, 0.717) is 5.39 Å². The molecule has 3 rings (SSSR count). The van der Waals surface area contributed by atoms with E-state index in [1.807, 2.05) is 10.3 Å². The van der Waals surface area contributed by atoms with Gasteiger partial charge in [0.15, 0.2) is 5.76 Å². The van der Waals surface area contributed by atoms with Crippen LogP contribution in [0.4, 0.5) is 5.69 Å². The van der Waals surface area contributed by atoms with Crippen molar-refractivity contribution in [2.45, 2.75) is 4.90 Å². The predicted octanol–water partition coefficient (Wildman–Crippen LogP) is 1.96. The minimum atomic E-state index is -3.92. The number of hydrazine groups is 1. The minimum Gasteiger partial charge on any atom is -0.451 e. The van der Waals surface area contributed by atoms with E-state index in [9.17, 15) is 23.3 Å². The van der Waals surface area contributed by atoms with Gasteiger partial charge in [0.05, 0.1) is 9.82 Å². The van der Waals surface area contributed by atoms with E-state index in [0.717, 1.165) is 0 Å². The number of sulfonamides is 1. The van der Waals surface area contributed by atoms with Crippen molar-refractivity contribution < 1.29 is 22.6 Å². The van der Waals surface area contributed by atoms with Gasteiger partial charge in [-0.1, -0.05) is 18.2 Å². The molecule has 0 fully saturated rings. The van der Waals surface area contributed by atoms with Gasteiger partial charge in [0.1, 0.15) is 5.58 Å². The number of amides is 1. The van der Waals surface area contributed by atoms with Crippen molar-refractivity contribution in [1.29, 1.82) is 0 Å². The van der Waals surface area contributed by atoms with Crippen molar-refractivity contribution in [2.24, 2.45) is 0 Å². The average Bonchev–Trinajstić information content (AvgIpc) is 3.03. The summed E-state index contributed by atoms with van der Waals surface area (Å²) in [5, 5.41) is 11.1. The van der Waals surface area contributed by atoms with Gasteiger partial charge in [0, 0.05) is 17.5 Å². The Kier molecular flexibility index (Phi) is 4.21. The van der Waals surface area contributed by atoms with Crippen molar-refractivity contribution >= 4 is 32.6 Å². The molecule has 0 spiro atoms. The molecule has 25 heavy (non-hydrogen) atoms. The summed E-state index contributed by atoms with van der Waals surface area (Å²) in [5.41, 5.74) is 2.15. The van der Waals surface area contributed by atoms with Crippen molar-refractivity contribution in [3.05, 3.63) is 70.5 Å². The summed E-state index contributed by atoms with van der Waals surface area (Å²) in [6.07, 6.45) is 0. The Balaban J connectivity index is 1.77. The molecule has 1 amide bonds. The maximum Gasteiger partial charge on any atom is 0.301 e. The molecule has 2 aromatic carbocycles. The van der Waals surface area contributed by atoms with Crippen molar-refractivity contribution in [3.63, 3.8) is 0 Å². The molecule has 2 N–H and O–H groups in total. The maximum absolute atomic E-state index is 12.0. The Morgan fingerprint density at radius 1 is 1.08 bits per heavy atom. The van der Waals surface area contributed by atoms with E-state index in [2.05, 4.69) is 0 Å². The van der Waals surface area contributed by atoms with Crippen LogP contribution in [0.3, 0.4) is 0 Å². The zero-order chi connectivity index (χ0) is 18.0. The first-order valence-corrected chi connectivity index (χ1v) is 8.40. The molecule has 0 saturated carbocycles. The van der Waals surface area contributed by atoms with E-state index in [-0.39, 0.29) is 21.9 Å². The van der Waals surface area contributed by atoms with Crippen LogP contribution in [0.15, 0.2) is 63.9 Å². The zero-order valence-corrected chi connectivity index (χ0v) is 13.3. The molecule has 0 atom stereocenters. The first kappa shape index (κ1) is 16.6. The molecule has 0 saturated heterocycles. The normalized spacial score (nSPS) is 11.4. The summed E-state index contributed by atoms with van der Waals surface area (Å²) in [6, 6.07) is 12.6. The van der Waals surface area contributed by atoms with Gasteiger partial charge < -0.3 is 4.42 Å². The van der Waals surface area contributed by atoms with E-state index in [1.165, 1.54) is 36.4 Å². The summed E-state index contributed by atoms with van der Waals surface area (Å²) in [4.78, 5) is 24.2. The quantitative estimate of drug-likeness (QED) is 0.527. The lowest BCUT2D eigenvalue weighted by atomic mass is 10.2. The number of fused-ring (bicyclic) bond motifs is 1. The highest BCUT2D eigenvalue weighted by atomic mass is 32.2. The maximum atomic E-state index is 12.0. The molecule has 1 aromatic heterocycles. The molecule has 10 heteroatoms. The van der Waals surface area contributed by atoms with Crippen molar-refractivity contribution in [3.8, 4) is 0 Å². The molecule has 0 unspecified atom stereocenters. The Hall–Kier alpha value is -3.24. The van der Waals surface area contributed by atoms with Gasteiger partial charge >= 0.3 is 5.91 Å². The van der Waals surface area contributed by atoms with Gasteiger partial charge in [0.2, 0.25) is 0 Å². The number of nitrogens with zero attached hydrogens (tertiary/aromatic N) is 1. The monoisotopic (exact) mass is 361 g/mol. The van der Waals surface area contributed by atoms with E-state index < -0.39 is 20.9 Å². The number of nitro benzene ring substituents is 1. The summed E-state index contributed by atoms with van der Waals surface area (Å²) >= 11 is 0. The van der Waals surface area contributed by atoms with E-state index in [4.69, 9.17) is 4.42 Å². The zero-order valence-electron chi connectivity index (χ0n) is 12.5. The highest BCUT2D eigenvalue weighted by Gasteiger charge is 2.18. The number of carbonyl (C=O) groups is 1.